The molecule has 3 aromatic carbocycles. The highest BCUT2D eigenvalue weighted by Crippen LogP contribution is 2.45. The number of non-ortho nitro benzene ring substituents is 1. The lowest BCUT2D eigenvalue weighted by Gasteiger charge is -2.37. The van der Waals surface area contributed by atoms with Gasteiger partial charge in [-0.05, 0) is 17.2 Å². The van der Waals surface area contributed by atoms with Gasteiger partial charge >= 0.3 is 5.97 Å². The molecule has 1 aliphatic carbocycles. The molecule has 178 valence electrons. The van der Waals surface area contributed by atoms with E-state index in [0.29, 0.717) is 0 Å². The van der Waals surface area contributed by atoms with Crippen molar-refractivity contribution in [2.24, 2.45) is 11.8 Å². The number of nitro groups is 1. The van der Waals surface area contributed by atoms with Crippen molar-refractivity contribution in [1.82, 2.24) is 0 Å². The third-order valence-electron chi connectivity index (χ3n) is 6.30. The summed E-state index contributed by atoms with van der Waals surface area (Å²) in [5.74, 6) is -4.53. The van der Waals surface area contributed by atoms with E-state index in [-0.39, 0.29) is 17.1 Å². The molecule has 0 aliphatic heterocycles. The van der Waals surface area contributed by atoms with Crippen molar-refractivity contribution in [1.29, 1.82) is 0 Å². The first-order chi connectivity index (χ1) is 16.9. The molecule has 8 nitrogen and oxygen atoms in total. The zero-order valence-electron chi connectivity index (χ0n) is 18.9. The third-order valence-corrected chi connectivity index (χ3v) is 6.30. The number of hydrogen-bond donors (Lipinski definition) is 2. The second-order valence-electron chi connectivity index (χ2n) is 8.28. The number of amides is 1. The van der Waals surface area contributed by atoms with Crippen LogP contribution in [0.3, 0.4) is 0 Å². The summed E-state index contributed by atoms with van der Waals surface area (Å²) in [6.45, 7) is 0. The van der Waals surface area contributed by atoms with Gasteiger partial charge in [-0.25, -0.2) is 0 Å². The van der Waals surface area contributed by atoms with Gasteiger partial charge in [-0.3, -0.25) is 19.7 Å². The molecule has 0 saturated carbocycles. The molecular weight excluding hydrogens is 448 g/mol. The Morgan fingerprint density at radius 2 is 1.43 bits per heavy atom. The van der Waals surface area contributed by atoms with Gasteiger partial charge in [-0.15, -0.1) is 0 Å². The molecule has 35 heavy (non-hydrogen) atoms. The van der Waals surface area contributed by atoms with Gasteiger partial charge in [0.1, 0.15) is 5.75 Å². The van der Waals surface area contributed by atoms with Gasteiger partial charge in [0.15, 0.2) is 0 Å². The predicted octanol–water partition coefficient (Wildman–Crippen LogP) is 5.00. The van der Waals surface area contributed by atoms with Gasteiger partial charge < -0.3 is 15.2 Å². The van der Waals surface area contributed by atoms with Crippen molar-refractivity contribution in [2.75, 3.05) is 12.4 Å². The number of benzene rings is 3. The van der Waals surface area contributed by atoms with E-state index in [9.17, 15) is 24.8 Å². The Morgan fingerprint density at radius 1 is 0.886 bits per heavy atom. The van der Waals surface area contributed by atoms with Gasteiger partial charge in [-0.1, -0.05) is 72.8 Å². The van der Waals surface area contributed by atoms with Crippen molar-refractivity contribution < 1.29 is 24.4 Å². The summed E-state index contributed by atoms with van der Waals surface area (Å²) < 4.78 is 5.28. The fraction of sp³-hybridized carbons (Fsp3) is 0.185. The molecule has 0 fully saturated rings. The van der Waals surface area contributed by atoms with Crippen LogP contribution in [-0.4, -0.2) is 29.0 Å². The van der Waals surface area contributed by atoms with Crippen molar-refractivity contribution in [3.8, 4) is 5.75 Å². The van der Waals surface area contributed by atoms with E-state index in [1.165, 1.54) is 25.3 Å². The van der Waals surface area contributed by atoms with Gasteiger partial charge in [0.05, 0.1) is 29.6 Å². The Morgan fingerprint density at radius 3 is 1.91 bits per heavy atom. The summed E-state index contributed by atoms with van der Waals surface area (Å²) in [4.78, 5) is 37.1. The van der Waals surface area contributed by atoms with Gasteiger partial charge in [0.2, 0.25) is 5.91 Å². The van der Waals surface area contributed by atoms with Crippen LogP contribution in [0.2, 0.25) is 0 Å². The Bertz CT molecular complexity index is 1260. The SMILES string of the molecule is COc1ccc([N+](=O)[O-])cc1NC(=O)[C@@H]1[C@@H](C(=O)O)[C@@H](c2ccccc2)C=C[C@H]1c1ccccc1. The number of hydrogen-bond acceptors (Lipinski definition) is 5. The van der Waals surface area contributed by atoms with E-state index in [4.69, 9.17) is 4.74 Å². The van der Waals surface area contributed by atoms with Gasteiger partial charge in [0.25, 0.3) is 5.69 Å². The summed E-state index contributed by atoms with van der Waals surface area (Å²) in [7, 11) is 1.39. The Kier molecular flexibility index (Phi) is 6.91. The van der Waals surface area contributed by atoms with E-state index < -0.39 is 40.5 Å². The smallest absolute Gasteiger partial charge is 0.308 e. The summed E-state index contributed by atoms with van der Waals surface area (Å²) in [6.07, 6.45) is 3.73. The van der Waals surface area contributed by atoms with Crippen molar-refractivity contribution >= 4 is 23.3 Å². The fourth-order valence-electron chi connectivity index (χ4n) is 4.67. The summed E-state index contributed by atoms with van der Waals surface area (Å²) in [6, 6.07) is 22.3. The first kappa shape index (κ1) is 23.7. The van der Waals surface area contributed by atoms with Crippen LogP contribution >= 0.6 is 0 Å². The summed E-state index contributed by atoms with van der Waals surface area (Å²) in [5.41, 5.74) is 1.47. The number of nitrogens with zero attached hydrogens (tertiary/aromatic N) is 1. The second-order valence-corrected chi connectivity index (χ2v) is 8.28. The quantitative estimate of drug-likeness (QED) is 0.284. The van der Waals surface area contributed by atoms with Crippen LogP contribution in [0.25, 0.3) is 0 Å². The largest absolute Gasteiger partial charge is 0.495 e. The molecule has 0 heterocycles. The van der Waals surface area contributed by atoms with Crippen LogP contribution in [0, 0.1) is 22.0 Å². The van der Waals surface area contributed by atoms with Gasteiger partial charge in [0, 0.05) is 24.0 Å². The Balaban J connectivity index is 1.79. The van der Waals surface area contributed by atoms with Crippen molar-refractivity contribution in [3.63, 3.8) is 0 Å². The maximum absolute atomic E-state index is 13.8. The highest BCUT2D eigenvalue weighted by atomic mass is 16.6. The fourth-order valence-corrected chi connectivity index (χ4v) is 4.67. The van der Waals surface area contributed by atoms with Crippen LogP contribution in [0.1, 0.15) is 23.0 Å². The number of aliphatic carboxylic acids is 1. The number of ether oxygens (including phenoxy) is 1. The molecule has 4 rings (SSSR count). The number of allylic oxidation sites excluding steroid dienone is 2. The van der Waals surface area contributed by atoms with Crippen LogP contribution in [-0.2, 0) is 9.59 Å². The van der Waals surface area contributed by atoms with E-state index >= 15 is 0 Å². The lowest BCUT2D eigenvalue weighted by atomic mass is 9.66. The highest BCUT2D eigenvalue weighted by Gasteiger charge is 2.46. The average Bonchev–Trinajstić information content (AvgIpc) is 2.88. The highest BCUT2D eigenvalue weighted by molar-refractivity contribution is 5.98. The lowest BCUT2D eigenvalue weighted by molar-refractivity contribution is -0.384. The average molecular weight is 472 g/mol. The zero-order valence-corrected chi connectivity index (χ0v) is 18.9. The Hall–Kier alpha value is -4.46. The van der Waals surface area contributed by atoms with Crippen LogP contribution in [0.4, 0.5) is 11.4 Å². The summed E-state index contributed by atoms with van der Waals surface area (Å²) >= 11 is 0. The molecule has 0 radical (unpaired) electrons. The van der Waals surface area contributed by atoms with Crippen LogP contribution < -0.4 is 10.1 Å². The molecule has 0 unspecified atom stereocenters. The second kappa shape index (κ2) is 10.2. The number of rotatable bonds is 7. The monoisotopic (exact) mass is 472 g/mol. The molecule has 2 N–H and O–H groups in total. The zero-order chi connectivity index (χ0) is 24.9. The number of nitrogens with one attached hydrogen (secondary N) is 1. The van der Waals surface area contributed by atoms with Crippen molar-refractivity contribution in [2.45, 2.75) is 11.8 Å². The molecule has 0 spiro atoms. The number of anilines is 1. The van der Waals surface area contributed by atoms with Crippen LogP contribution in [0.15, 0.2) is 91.0 Å². The minimum Gasteiger partial charge on any atom is -0.495 e. The van der Waals surface area contributed by atoms with Gasteiger partial charge in [-0.2, -0.15) is 0 Å². The number of carbonyl (C=O) groups is 2. The lowest BCUT2D eigenvalue weighted by Crippen LogP contribution is -2.42. The first-order valence-electron chi connectivity index (χ1n) is 11.0. The number of carboxylic acid groups (broad SMARTS) is 1. The van der Waals surface area contributed by atoms with E-state index in [2.05, 4.69) is 5.32 Å². The first-order valence-corrected chi connectivity index (χ1v) is 11.0. The molecule has 3 aromatic rings. The topological polar surface area (TPSA) is 119 Å². The third kappa shape index (κ3) is 4.91. The molecule has 0 aromatic heterocycles. The standard InChI is InChI=1S/C27H24N2O6/c1-35-23-15-12-19(29(33)34)16-22(23)28-26(30)24-20(17-8-4-2-5-9-17)13-14-21(25(24)27(31)32)18-10-6-3-7-11-18/h2-16,20-21,24-25H,1H3,(H,28,30)(H,31,32)/t20-,21+,24-,25-/m0/s1. The number of carboxylic acids is 1. The van der Waals surface area contributed by atoms with Crippen molar-refractivity contribution in [3.05, 3.63) is 112 Å². The maximum atomic E-state index is 13.8. The predicted molar refractivity (Wildman–Crippen MR) is 130 cm³/mol. The maximum Gasteiger partial charge on any atom is 0.308 e. The molecular formula is C27H24N2O6. The minimum absolute atomic E-state index is 0.105. The molecule has 0 saturated heterocycles. The number of methoxy groups -OCH3 is 1. The molecule has 0 bridgehead atoms. The minimum atomic E-state index is -1.10. The van der Waals surface area contributed by atoms with Crippen LogP contribution in [0.5, 0.6) is 5.75 Å². The summed E-state index contributed by atoms with van der Waals surface area (Å²) in [5, 5.41) is 24.3. The normalized spacial score (nSPS) is 21.2. The molecule has 1 amide bonds. The molecule has 8 heteroatoms. The molecule has 4 atom stereocenters. The van der Waals surface area contributed by atoms with E-state index in [1.54, 1.807) is 0 Å². The number of nitro benzene ring substituents is 1. The molecule has 1 aliphatic rings. The Labute approximate surface area is 202 Å². The number of carbonyl (C=O) groups excluding carboxylic acids is 1. The van der Waals surface area contributed by atoms with E-state index in [0.717, 1.165) is 11.1 Å². The van der Waals surface area contributed by atoms with E-state index in [1.807, 2.05) is 72.8 Å².